The Morgan fingerprint density at radius 1 is 1.30 bits per heavy atom. The first-order valence-corrected chi connectivity index (χ1v) is 8.25. The van der Waals surface area contributed by atoms with E-state index in [1.807, 2.05) is 30.3 Å². The summed E-state index contributed by atoms with van der Waals surface area (Å²) in [5, 5.41) is 15.0. The molecular weight excluding hydrogens is 292 g/mol. The van der Waals surface area contributed by atoms with Gasteiger partial charge in [-0.05, 0) is 31.2 Å². The Morgan fingerprint density at radius 2 is 2.13 bits per heavy atom. The molecule has 1 aromatic carbocycles. The minimum absolute atomic E-state index is 0.0781. The van der Waals surface area contributed by atoms with E-state index in [0.29, 0.717) is 19.6 Å². The topological polar surface area (TPSA) is 70.6 Å². The molecule has 5 nitrogen and oxygen atoms in total. The number of hydrogen-bond donors (Lipinski definition) is 3. The van der Waals surface area contributed by atoms with E-state index in [2.05, 4.69) is 16.7 Å². The third kappa shape index (κ3) is 6.42. The average molecular weight is 318 g/mol. The number of carbonyl (C=O) groups is 1. The molecule has 3 N–H and O–H groups in total. The number of aliphatic hydroxyl groups excluding tert-OH is 1. The highest BCUT2D eigenvalue weighted by Gasteiger charge is 2.14. The van der Waals surface area contributed by atoms with Crippen LogP contribution in [0.5, 0.6) is 0 Å². The molecule has 0 fully saturated rings. The summed E-state index contributed by atoms with van der Waals surface area (Å²) < 4.78 is 5.27. The van der Waals surface area contributed by atoms with Crippen molar-refractivity contribution < 1.29 is 14.6 Å². The molecule has 1 atom stereocenters. The highest BCUT2D eigenvalue weighted by Crippen LogP contribution is 2.18. The predicted octanol–water partition coefficient (Wildman–Crippen LogP) is 2.54. The Morgan fingerprint density at radius 3 is 2.83 bits per heavy atom. The number of amides is 2. The highest BCUT2D eigenvalue weighted by atomic mass is 16.5. The molecule has 0 aliphatic carbocycles. The van der Waals surface area contributed by atoms with Gasteiger partial charge in [-0.3, -0.25) is 0 Å². The molecule has 23 heavy (non-hydrogen) atoms. The first-order valence-electron chi connectivity index (χ1n) is 8.25. The van der Waals surface area contributed by atoms with Gasteiger partial charge >= 0.3 is 6.03 Å². The minimum atomic E-state index is -0.163. The maximum atomic E-state index is 12.1. The SMILES string of the molecule is O=C(NCCC1=CCOCC1)NC(CCCO)c1ccccc1. The summed E-state index contributed by atoms with van der Waals surface area (Å²) in [4.78, 5) is 12.1. The van der Waals surface area contributed by atoms with E-state index in [1.54, 1.807) is 0 Å². The Balaban J connectivity index is 1.78. The zero-order valence-corrected chi connectivity index (χ0v) is 13.5. The normalized spacial score (nSPS) is 15.6. The van der Waals surface area contributed by atoms with Gasteiger partial charge in [0, 0.05) is 13.2 Å². The number of benzene rings is 1. The lowest BCUT2D eigenvalue weighted by Crippen LogP contribution is -2.38. The second kappa shape index (κ2) is 10.0. The molecule has 0 saturated heterocycles. The summed E-state index contributed by atoms with van der Waals surface area (Å²) >= 11 is 0. The van der Waals surface area contributed by atoms with E-state index in [4.69, 9.17) is 9.84 Å². The van der Waals surface area contributed by atoms with Crippen molar-refractivity contribution >= 4 is 6.03 Å². The molecule has 0 saturated carbocycles. The van der Waals surface area contributed by atoms with Crippen molar-refractivity contribution in [3.63, 3.8) is 0 Å². The first kappa shape index (κ1) is 17.5. The van der Waals surface area contributed by atoms with Crippen molar-refractivity contribution in [2.24, 2.45) is 0 Å². The number of carbonyl (C=O) groups excluding carboxylic acids is 1. The van der Waals surface area contributed by atoms with Crippen LogP contribution in [0.25, 0.3) is 0 Å². The van der Waals surface area contributed by atoms with Gasteiger partial charge in [0.25, 0.3) is 0 Å². The first-order chi connectivity index (χ1) is 11.3. The zero-order chi connectivity index (χ0) is 16.3. The van der Waals surface area contributed by atoms with Gasteiger partial charge in [-0.1, -0.05) is 42.0 Å². The van der Waals surface area contributed by atoms with Crippen LogP contribution in [0.2, 0.25) is 0 Å². The lowest BCUT2D eigenvalue weighted by atomic mass is 10.0. The fraction of sp³-hybridized carbons (Fsp3) is 0.500. The fourth-order valence-electron chi connectivity index (χ4n) is 2.64. The van der Waals surface area contributed by atoms with E-state index < -0.39 is 0 Å². The van der Waals surface area contributed by atoms with Gasteiger partial charge in [-0.2, -0.15) is 0 Å². The summed E-state index contributed by atoms with van der Waals surface area (Å²) in [5.41, 5.74) is 2.40. The molecule has 2 rings (SSSR count). The maximum Gasteiger partial charge on any atom is 0.315 e. The standard InChI is InChI=1S/C18H26N2O3/c21-12-4-7-17(16-5-2-1-3-6-16)20-18(22)19-11-8-15-9-13-23-14-10-15/h1-3,5-6,9,17,21H,4,7-8,10-14H2,(H2,19,20,22). The van der Waals surface area contributed by atoms with Crippen molar-refractivity contribution in [2.45, 2.75) is 31.7 Å². The molecule has 2 amide bonds. The Bertz CT molecular complexity index is 502. The van der Waals surface area contributed by atoms with Crippen LogP contribution >= 0.6 is 0 Å². The average Bonchev–Trinajstić information content (AvgIpc) is 2.60. The Labute approximate surface area is 137 Å². The van der Waals surface area contributed by atoms with E-state index in [-0.39, 0.29) is 18.7 Å². The number of nitrogens with one attached hydrogen (secondary N) is 2. The van der Waals surface area contributed by atoms with E-state index in [9.17, 15) is 4.79 Å². The maximum absolute atomic E-state index is 12.1. The summed E-state index contributed by atoms with van der Waals surface area (Å²) in [5.74, 6) is 0. The van der Waals surface area contributed by atoms with Gasteiger partial charge in [0.2, 0.25) is 0 Å². The smallest absolute Gasteiger partial charge is 0.315 e. The van der Waals surface area contributed by atoms with Crippen LogP contribution < -0.4 is 10.6 Å². The van der Waals surface area contributed by atoms with Gasteiger partial charge in [-0.25, -0.2) is 4.79 Å². The molecule has 0 radical (unpaired) electrons. The highest BCUT2D eigenvalue weighted by molar-refractivity contribution is 5.74. The Kier molecular flexibility index (Phi) is 7.63. The van der Waals surface area contributed by atoms with E-state index in [1.165, 1.54) is 5.57 Å². The van der Waals surface area contributed by atoms with Crippen molar-refractivity contribution in [3.05, 3.63) is 47.5 Å². The van der Waals surface area contributed by atoms with Gasteiger partial charge in [-0.15, -0.1) is 0 Å². The molecule has 1 aliphatic rings. The summed E-state index contributed by atoms with van der Waals surface area (Å²) in [6.07, 6.45) is 5.29. The number of urea groups is 1. The van der Waals surface area contributed by atoms with Crippen LogP contribution in [0, 0.1) is 0 Å². The minimum Gasteiger partial charge on any atom is -0.396 e. The molecule has 0 bridgehead atoms. The fourth-order valence-corrected chi connectivity index (χ4v) is 2.64. The molecule has 0 spiro atoms. The third-order valence-electron chi connectivity index (χ3n) is 3.95. The van der Waals surface area contributed by atoms with Crippen LogP contribution in [-0.2, 0) is 4.74 Å². The van der Waals surface area contributed by atoms with Crippen LogP contribution in [-0.4, -0.2) is 37.5 Å². The number of hydrogen-bond acceptors (Lipinski definition) is 3. The van der Waals surface area contributed by atoms with E-state index in [0.717, 1.165) is 31.4 Å². The van der Waals surface area contributed by atoms with Crippen LogP contribution in [0.3, 0.4) is 0 Å². The molecule has 1 heterocycles. The van der Waals surface area contributed by atoms with Gasteiger partial charge in [0.15, 0.2) is 0 Å². The lowest BCUT2D eigenvalue weighted by Gasteiger charge is -2.20. The molecule has 1 aromatic rings. The monoisotopic (exact) mass is 318 g/mol. The van der Waals surface area contributed by atoms with Crippen LogP contribution in [0.4, 0.5) is 4.79 Å². The lowest BCUT2D eigenvalue weighted by molar-refractivity contribution is 0.153. The number of aliphatic hydroxyl groups is 1. The summed E-state index contributed by atoms with van der Waals surface area (Å²) in [6, 6.07) is 9.62. The molecule has 0 aromatic heterocycles. The second-order valence-electron chi connectivity index (χ2n) is 5.67. The number of ether oxygens (including phenoxy) is 1. The predicted molar refractivity (Wildman–Crippen MR) is 90.2 cm³/mol. The quantitative estimate of drug-likeness (QED) is 0.645. The number of rotatable bonds is 8. The third-order valence-corrected chi connectivity index (χ3v) is 3.95. The van der Waals surface area contributed by atoms with Crippen LogP contribution in [0.15, 0.2) is 42.0 Å². The Hall–Kier alpha value is -1.85. The summed E-state index contributed by atoms with van der Waals surface area (Å²) in [6.45, 7) is 2.20. The largest absolute Gasteiger partial charge is 0.396 e. The summed E-state index contributed by atoms with van der Waals surface area (Å²) in [7, 11) is 0. The van der Waals surface area contributed by atoms with Gasteiger partial charge in [0.05, 0.1) is 19.3 Å². The van der Waals surface area contributed by atoms with E-state index >= 15 is 0 Å². The van der Waals surface area contributed by atoms with Gasteiger partial charge in [0.1, 0.15) is 0 Å². The molecule has 126 valence electrons. The molecule has 5 heteroatoms. The van der Waals surface area contributed by atoms with Crippen molar-refractivity contribution in [1.82, 2.24) is 10.6 Å². The molecule has 1 unspecified atom stereocenters. The van der Waals surface area contributed by atoms with Crippen molar-refractivity contribution in [2.75, 3.05) is 26.4 Å². The molecular formula is C18H26N2O3. The van der Waals surface area contributed by atoms with Gasteiger partial charge < -0.3 is 20.5 Å². The molecule has 1 aliphatic heterocycles. The second-order valence-corrected chi connectivity index (χ2v) is 5.67. The zero-order valence-electron chi connectivity index (χ0n) is 13.5. The van der Waals surface area contributed by atoms with Crippen molar-refractivity contribution in [1.29, 1.82) is 0 Å². The van der Waals surface area contributed by atoms with Crippen molar-refractivity contribution in [3.8, 4) is 0 Å². The van der Waals surface area contributed by atoms with Crippen LogP contribution in [0.1, 0.15) is 37.3 Å².